The molecule has 0 radical (unpaired) electrons. The number of rotatable bonds is 2. The third kappa shape index (κ3) is 1.70. The molecule has 0 spiro atoms. The Morgan fingerprint density at radius 2 is 2.18 bits per heavy atom. The van der Waals surface area contributed by atoms with E-state index in [-0.39, 0.29) is 6.10 Å². The summed E-state index contributed by atoms with van der Waals surface area (Å²) in [5.74, 6) is -1.28. The zero-order chi connectivity index (χ0) is 8.43. The summed E-state index contributed by atoms with van der Waals surface area (Å²) in [6, 6.07) is 0. The van der Waals surface area contributed by atoms with Crippen LogP contribution in [0.5, 0.6) is 0 Å². The smallest absolute Gasteiger partial charge is 0.306 e. The van der Waals surface area contributed by atoms with Gasteiger partial charge in [-0.2, -0.15) is 0 Å². The first-order chi connectivity index (χ1) is 5.15. The second-order valence-electron chi connectivity index (χ2n) is 2.85. The van der Waals surface area contributed by atoms with E-state index in [1.165, 1.54) is 7.11 Å². The lowest BCUT2D eigenvalue weighted by Gasteiger charge is -2.10. The molecule has 0 bridgehead atoms. The molecule has 0 unspecified atom stereocenters. The van der Waals surface area contributed by atoms with Gasteiger partial charge in [-0.3, -0.25) is 4.79 Å². The Bertz CT molecular complexity index is 157. The number of methoxy groups -OCH3 is 1. The fourth-order valence-corrected chi connectivity index (χ4v) is 1.43. The van der Waals surface area contributed by atoms with Crippen LogP contribution in [0, 0.1) is 5.92 Å². The van der Waals surface area contributed by atoms with Crippen molar-refractivity contribution in [3.63, 3.8) is 0 Å². The molecule has 1 rings (SSSR count). The van der Waals surface area contributed by atoms with Gasteiger partial charge < -0.3 is 14.9 Å². The first-order valence-electron chi connectivity index (χ1n) is 3.58. The van der Waals surface area contributed by atoms with Crippen molar-refractivity contribution >= 4 is 5.97 Å². The molecule has 1 aliphatic carbocycles. The molecule has 64 valence electrons. The summed E-state index contributed by atoms with van der Waals surface area (Å²) in [5.41, 5.74) is 0. The standard InChI is InChI=1S/C7H12O4/c1-11-6-3-4(7(9)10)2-5(6)8/h4-6,8H,2-3H2,1H3,(H,9,10)/t4-,5-,6-/m1/s1. The molecule has 0 aromatic heterocycles. The first kappa shape index (κ1) is 8.49. The van der Waals surface area contributed by atoms with Crippen LogP contribution < -0.4 is 0 Å². The van der Waals surface area contributed by atoms with Gasteiger partial charge in [-0.15, -0.1) is 0 Å². The van der Waals surface area contributed by atoms with Gasteiger partial charge in [-0.25, -0.2) is 0 Å². The van der Waals surface area contributed by atoms with Gasteiger partial charge in [0.05, 0.1) is 18.1 Å². The van der Waals surface area contributed by atoms with Gasteiger partial charge in [-0.05, 0) is 12.8 Å². The third-order valence-electron chi connectivity index (χ3n) is 2.12. The Morgan fingerprint density at radius 3 is 2.45 bits per heavy atom. The molecule has 4 nitrogen and oxygen atoms in total. The van der Waals surface area contributed by atoms with Crippen LogP contribution in [-0.4, -0.2) is 35.5 Å². The lowest BCUT2D eigenvalue weighted by Crippen LogP contribution is -2.20. The van der Waals surface area contributed by atoms with Gasteiger partial charge in [0, 0.05) is 7.11 Å². The first-order valence-corrected chi connectivity index (χ1v) is 3.58. The SMILES string of the molecule is CO[C@@H]1C[C@H](C(=O)O)C[C@H]1O. The van der Waals surface area contributed by atoms with Crippen LogP contribution >= 0.6 is 0 Å². The average Bonchev–Trinajstić information content (AvgIpc) is 2.31. The number of carbonyl (C=O) groups is 1. The molecule has 0 heterocycles. The molecular formula is C7H12O4. The van der Waals surface area contributed by atoms with E-state index in [1.54, 1.807) is 0 Å². The number of carboxylic acid groups (broad SMARTS) is 1. The molecule has 1 saturated carbocycles. The van der Waals surface area contributed by atoms with Crippen LogP contribution in [0.4, 0.5) is 0 Å². The minimum Gasteiger partial charge on any atom is -0.481 e. The monoisotopic (exact) mass is 160 g/mol. The number of aliphatic hydroxyl groups excluding tert-OH is 1. The van der Waals surface area contributed by atoms with E-state index in [0.29, 0.717) is 12.8 Å². The highest BCUT2D eigenvalue weighted by Gasteiger charge is 2.36. The van der Waals surface area contributed by atoms with Crippen LogP contribution in [0.1, 0.15) is 12.8 Å². The van der Waals surface area contributed by atoms with Gasteiger partial charge in [0.15, 0.2) is 0 Å². The van der Waals surface area contributed by atoms with Crippen molar-refractivity contribution in [1.29, 1.82) is 0 Å². The van der Waals surface area contributed by atoms with Crippen molar-refractivity contribution in [1.82, 2.24) is 0 Å². The quantitative estimate of drug-likeness (QED) is 0.590. The van der Waals surface area contributed by atoms with E-state index in [2.05, 4.69) is 0 Å². The molecule has 0 saturated heterocycles. The van der Waals surface area contributed by atoms with Crippen molar-refractivity contribution in [3.8, 4) is 0 Å². The summed E-state index contributed by atoms with van der Waals surface area (Å²) in [6.45, 7) is 0. The van der Waals surface area contributed by atoms with Gasteiger partial charge in [0.25, 0.3) is 0 Å². The lowest BCUT2D eigenvalue weighted by molar-refractivity contribution is -0.141. The second-order valence-corrected chi connectivity index (χ2v) is 2.85. The Kier molecular flexibility index (Phi) is 2.46. The minimum atomic E-state index is -0.844. The fraction of sp³-hybridized carbons (Fsp3) is 0.857. The van der Waals surface area contributed by atoms with Crippen molar-refractivity contribution in [2.75, 3.05) is 7.11 Å². The molecule has 0 aliphatic heterocycles. The topological polar surface area (TPSA) is 66.8 Å². The molecule has 4 heteroatoms. The predicted octanol–water partition coefficient (Wildman–Crippen LogP) is -0.143. The maximum atomic E-state index is 10.4. The number of aliphatic hydroxyl groups is 1. The summed E-state index contributed by atoms with van der Waals surface area (Å²) in [4.78, 5) is 10.4. The van der Waals surface area contributed by atoms with Gasteiger partial charge in [0.2, 0.25) is 0 Å². The van der Waals surface area contributed by atoms with E-state index in [1.807, 2.05) is 0 Å². The lowest BCUT2D eigenvalue weighted by atomic mass is 10.1. The Balaban J connectivity index is 2.49. The third-order valence-corrected chi connectivity index (χ3v) is 2.12. The summed E-state index contributed by atoms with van der Waals surface area (Å²) in [6.07, 6.45) is -0.168. The van der Waals surface area contributed by atoms with Gasteiger partial charge >= 0.3 is 5.97 Å². The summed E-state index contributed by atoms with van der Waals surface area (Å²) < 4.78 is 4.89. The largest absolute Gasteiger partial charge is 0.481 e. The predicted molar refractivity (Wildman–Crippen MR) is 37.2 cm³/mol. The molecule has 0 amide bonds. The van der Waals surface area contributed by atoms with Crippen molar-refractivity contribution in [3.05, 3.63) is 0 Å². The Labute approximate surface area is 64.8 Å². The maximum Gasteiger partial charge on any atom is 0.306 e. The molecule has 1 aliphatic rings. The maximum absolute atomic E-state index is 10.4. The normalized spacial score (nSPS) is 37.5. The van der Waals surface area contributed by atoms with E-state index in [9.17, 15) is 9.90 Å². The number of hydrogen-bond donors (Lipinski definition) is 2. The second kappa shape index (κ2) is 3.19. The van der Waals surface area contributed by atoms with Gasteiger partial charge in [0.1, 0.15) is 0 Å². The molecule has 11 heavy (non-hydrogen) atoms. The number of hydrogen-bond acceptors (Lipinski definition) is 3. The fourth-order valence-electron chi connectivity index (χ4n) is 1.43. The zero-order valence-corrected chi connectivity index (χ0v) is 6.36. The highest BCUT2D eigenvalue weighted by molar-refractivity contribution is 5.70. The molecule has 0 aromatic carbocycles. The Morgan fingerprint density at radius 1 is 1.55 bits per heavy atom. The van der Waals surface area contributed by atoms with E-state index in [4.69, 9.17) is 9.84 Å². The highest BCUT2D eigenvalue weighted by atomic mass is 16.5. The summed E-state index contributed by atoms with van der Waals surface area (Å²) in [7, 11) is 1.48. The van der Waals surface area contributed by atoms with Crippen LogP contribution in [-0.2, 0) is 9.53 Å². The molecule has 1 fully saturated rings. The number of aliphatic carboxylic acids is 1. The van der Waals surface area contributed by atoms with E-state index >= 15 is 0 Å². The van der Waals surface area contributed by atoms with E-state index < -0.39 is 18.0 Å². The number of carboxylic acids is 1. The van der Waals surface area contributed by atoms with Crippen LogP contribution in [0.15, 0.2) is 0 Å². The van der Waals surface area contributed by atoms with E-state index in [0.717, 1.165) is 0 Å². The highest BCUT2D eigenvalue weighted by Crippen LogP contribution is 2.27. The van der Waals surface area contributed by atoms with Crippen molar-refractivity contribution < 1.29 is 19.7 Å². The zero-order valence-electron chi connectivity index (χ0n) is 6.36. The molecule has 0 aromatic rings. The van der Waals surface area contributed by atoms with Crippen molar-refractivity contribution in [2.45, 2.75) is 25.0 Å². The van der Waals surface area contributed by atoms with Crippen LogP contribution in [0.2, 0.25) is 0 Å². The molecule has 3 atom stereocenters. The van der Waals surface area contributed by atoms with Crippen LogP contribution in [0.25, 0.3) is 0 Å². The average molecular weight is 160 g/mol. The Hall–Kier alpha value is -0.610. The van der Waals surface area contributed by atoms with Crippen LogP contribution in [0.3, 0.4) is 0 Å². The summed E-state index contributed by atoms with van der Waals surface area (Å²) >= 11 is 0. The molecule has 2 N–H and O–H groups in total. The van der Waals surface area contributed by atoms with Gasteiger partial charge in [-0.1, -0.05) is 0 Å². The number of ether oxygens (including phenoxy) is 1. The minimum absolute atomic E-state index is 0.295. The summed E-state index contributed by atoms with van der Waals surface area (Å²) in [5, 5.41) is 17.8. The van der Waals surface area contributed by atoms with Crippen molar-refractivity contribution in [2.24, 2.45) is 5.92 Å². The molecular weight excluding hydrogens is 148 g/mol.